The summed E-state index contributed by atoms with van der Waals surface area (Å²) in [5, 5.41) is 13.9. The number of ether oxygens (including phenoxy) is 1. The number of carbonyl (C=O) groups excluding carboxylic acids is 1. The summed E-state index contributed by atoms with van der Waals surface area (Å²) in [6, 6.07) is -0.361. The van der Waals surface area contributed by atoms with Crippen LogP contribution in [0.1, 0.15) is 17.0 Å². The smallest absolute Gasteiger partial charge is 0.315 e. The number of nitrogens with one attached hydrogen (secondary N) is 2. The molecule has 0 saturated carbocycles. The van der Waals surface area contributed by atoms with E-state index in [2.05, 4.69) is 15.6 Å². The average molecular weight is 287 g/mol. The Kier molecular flexibility index (Phi) is 6.23. The number of rotatable bonds is 7. The van der Waals surface area contributed by atoms with E-state index >= 15 is 0 Å². The Morgan fingerprint density at radius 1 is 1.53 bits per heavy atom. The number of aliphatic carboxylic acids is 1. The van der Waals surface area contributed by atoms with Gasteiger partial charge in [-0.25, -0.2) is 9.78 Å². The quantitative estimate of drug-likeness (QED) is 0.686. The molecule has 0 aliphatic carbocycles. The number of urea groups is 1. The van der Waals surface area contributed by atoms with Gasteiger partial charge in [0.2, 0.25) is 0 Å². The maximum Gasteiger partial charge on any atom is 0.315 e. The van der Waals surface area contributed by atoms with Crippen LogP contribution in [-0.2, 0) is 16.1 Å². The first-order valence-corrected chi connectivity index (χ1v) is 6.56. The Bertz CT molecular complexity index is 435. The number of aryl methyl sites for hydroxylation is 1. The second kappa shape index (κ2) is 7.70. The van der Waals surface area contributed by atoms with Crippen LogP contribution in [0.4, 0.5) is 4.79 Å². The van der Waals surface area contributed by atoms with Gasteiger partial charge in [0.15, 0.2) is 0 Å². The van der Waals surface area contributed by atoms with Crippen molar-refractivity contribution in [3.8, 4) is 0 Å². The van der Waals surface area contributed by atoms with Gasteiger partial charge in [-0.2, -0.15) is 0 Å². The minimum absolute atomic E-state index is 0.148. The number of methoxy groups -OCH3 is 1. The van der Waals surface area contributed by atoms with Crippen molar-refractivity contribution in [2.24, 2.45) is 0 Å². The molecule has 0 aliphatic heterocycles. The van der Waals surface area contributed by atoms with E-state index in [1.54, 1.807) is 5.51 Å². The van der Waals surface area contributed by atoms with Gasteiger partial charge in [-0.3, -0.25) is 4.79 Å². The third-order valence-corrected chi connectivity index (χ3v) is 3.42. The Morgan fingerprint density at radius 3 is 2.79 bits per heavy atom. The van der Waals surface area contributed by atoms with Gasteiger partial charge in [0.25, 0.3) is 0 Å². The molecular formula is C11H17N3O4S. The number of thiazole rings is 1. The lowest BCUT2D eigenvalue weighted by Gasteiger charge is -2.14. The SMILES string of the molecule is COC(CNC(=O)NCc1scnc1C)CC(=O)O. The van der Waals surface area contributed by atoms with Gasteiger partial charge in [-0.05, 0) is 6.92 Å². The van der Waals surface area contributed by atoms with Gasteiger partial charge in [0.05, 0.1) is 30.3 Å². The highest BCUT2D eigenvalue weighted by Gasteiger charge is 2.13. The van der Waals surface area contributed by atoms with E-state index in [0.717, 1.165) is 10.6 Å². The lowest BCUT2D eigenvalue weighted by molar-refractivity contribution is -0.139. The lowest BCUT2D eigenvalue weighted by Crippen LogP contribution is -2.40. The molecule has 1 aromatic rings. The number of aromatic nitrogens is 1. The zero-order chi connectivity index (χ0) is 14.3. The van der Waals surface area contributed by atoms with E-state index in [4.69, 9.17) is 9.84 Å². The van der Waals surface area contributed by atoms with Gasteiger partial charge in [-0.1, -0.05) is 0 Å². The van der Waals surface area contributed by atoms with Crippen LogP contribution in [0.25, 0.3) is 0 Å². The summed E-state index contributed by atoms with van der Waals surface area (Å²) in [6.45, 7) is 2.43. The van der Waals surface area contributed by atoms with Gasteiger partial charge in [-0.15, -0.1) is 11.3 Å². The molecule has 3 N–H and O–H groups in total. The molecule has 0 saturated heterocycles. The summed E-state index contributed by atoms with van der Waals surface area (Å²) in [5.41, 5.74) is 2.61. The van der Waals surface area contributed by atoms with E-state index in [1.165, 1.54) is 18.4 Å². The molecule has 0 radical (unpaired) electrons. The molecule has 0 aliphatic rings. The zero-order valence-corrected chi connectivity index (χ0v) is 11.6. The maximum atomic E-state index is 11.5. The average Bonchev–Trinajstić information content (AvgIpc) is 2.77. The molecule has 1 aromatic heterocycles. The van der Waals surface area contributed by atoms with Crippen molar-refractivity contribution in [1.82, 2.24) is 15.6 Å². The van der Waals surface area contributed by atoms with Crippen LogP contribution >= 0.6 is 11.3 Å². The maximum absolute atomic E-state index is 11.5. The summed E-state index contributed by atoms with van der Waals surface area (Å²) in [7, 11) is 1.41. The Hall–Kier alpha value is -1.67. The summed E-state index contributed by atoms with van der Waals surface area (Å²) in [6.07, 6.45) is -0.682. The first-order valence-electron chi connectivity index (χ1n) is 5.68. The molecule has 1 unspecified atom stereocenters. The monoisotopic (exact) mass is 287 g/mol. The number of carboxylic acid groups (broad SMARTS) is 1. The molecule has 1 rings (SSSR count). The lowest BCUT2D eigenvalue weighted by atomic mass is 10.2. The van der Waals surface area contributed by atoms with E-state index < -0.39 is 12.1 Å². The number of carbonyl (C=O) groups is 2. The largest absolute Gasteiger partial charge is 0.481 e. The van der Waals surface area contributed by atoms with Crippen LogP contribution in [0, 0.1) is 6.92 Å². The first kappa shape index (κ1) is 15.4. The second-order valence-electron chi connectivity index (χ2n) is 3.88. The standard InChI is InChI=1S/C11H17N3O4S/c1-7-9(19-6-14-7)5-13-11(17)12-4-8(18-2)3-10(15)16/h6,8H,3-5H2,1-2H3,(H,15,16)(H2,12,13,17). The Labute approximate surface area is 115 Å². The summed E-state index contributed by atoms with van der Waals surface area (Å²) >= 11 is 1.47. The van der Waals surface area contributed by atoms with Gasteiger partial charge in [0.1, 0.15) is 0 Å². The highest BCUT2D eigenvalue weighted by Crippen LogP contribution is 2.10. The van der Waals surface area contributed by atoms with Crippen molar-refractivity contribution in [2.75, 3.05) is 13.7 Å². The minimum atomic E-state index is -0.964. The molecule has 0 bridgehead atoms. The van der Waals surface area contributed by atoms with Crippen molar-refractivity contribution in [3.63, 3.8) is 0 Å². The van der Waals surface area contributed by atoms with E-state index in [0.29, 0.717) is 6.54 Å². The number of nitrogens with zero attached hydrogens (tertiary/aromatic N) is 1. The summed E-state index contributed by atoms with van der Waals surface area (Å²) in [4.78, 5) is 27.1. The molecule has 7 nitrogen and oxygen atoms in total. The van der Waals surface area contributed by atoms with Crippen LogP contribution < -0.4 is 10.6 Å². The van der Waals surface area contributed by atoms with Crippen molar-refractivity contribution < 1.29 is 19.4 Å². The predicted octanol–water partition coefficient (Wildman–Crippen LogP) is 0.740. The van der Waals surface area contributed by atoms with Crippen LogP contribution in [0.3, 0.4) is 0 Å². The van der Waals surface area contributed by atoms with Crippen molar-refractivity contribution >= 4 is 23.3 Å². The fourth-order valence-corrected chi connectivity index (χ4v) is 2.08. The molecular weight excluding hydrogens is 270 g/mol. The molecule has 2 amide bonds. The topological polar surface area (TPSA) is 101 Å². The molecule has 19 heavy (non-hydrogen) atoms. The molecule has 0 fully saturated rings. The Morgan fingerprint density at radius 2 is 2.26 bits per heavy atom. The van der Waals surface area contributed by atoms with Crippen molar-refractivity contribution in [2.45, 2.75) is 26.0 Å². The predicted molar refractivity (Wildman–Crippen MR) is 70.1 cm³/mol. The summed E-state index contributed by atoms with van der Waals surface area (Å²) in [5.74, 6) is -0.964. The van der Waals surface area contributed by atoms with Gasteiger partial charge in [0, 0.05) is 18.5 Å². The fraction of sp³-hybridized carbons (Fsp3) is 0.545. The van der Waals surface area contributed by atoms with Crippen LogP contribution in [0.15, 0.2) is 5.51 Å². The normalized spacial score (nSPS) is 11.9. The highest BCUT2D eigenvalue weighted by molar-refractivity contribution is 7.09. The second-order valence-corrected chi connectivity index (χ2v) is 4.82. The Balaban J connectivity index is 2.27. The molecule has 1 atom stereocenters. The molecule has 0 spiro atoms. The zero-order valence-electron chi connectivity index (χ0n) is 10.8. The van der Waals surface area contributed by atoms with E-state index in [-0.39, 0.29) is 19.0 Å². The van der Waals surface area contributed by atoms with Crippen molar-refractivity contribution in [3.05, 3.63) is 16.1 Å². The fourth-order valence-electron chi connectivity index (χ4n) is 1.36. The number of hydrogen-bond donors (Lipinski definition) is 3. The van der Waals surface area contributed by atoms with Gasteiger partial charge < -0.3 is 20.5 Å². The minimum Gasteiger partial charge on any atom is -0.481 e. The van der Waals surface area contributed by atoms with Crippen LogP contribution in [0.2, 0.25) is 0 Å². The van der Waals surface area contributed by atoms with E-state index in [9.17, 15) is 9.59 Å². The third-order valence-electron chi connectivity index (χ3n) is 2.48. The van der Waals surface area contributed by atoms with E-state index in [1.807, 2.05) is 6.92 Å². The first-order chi connectivity index (χ1) is 9.02. The van der Waals surface area contributed by atoms with Crippen LogP contribution in [-0.4, -0.2) is 41.8 Å². The van der Waals surface area contributed by atoms with Crippen molar-refractivity contribution in [1.29, 1.82) is 0 Å². The van der Waals surface area contributed by atoms with Crippen LogP contribution in [0.5, 0.6) is 0 Å². The molecule has 106 valence electrons. The number of amides is 2. The highest BCUT2D eigenvalue weighted by atomic mass is 32.1. The number of carboxylic acids is 1. The molecule has 1 heterocycles. The summed E-state index contributed by atoms with van der Waals surface area (Å²) < 4.78 is 4.95. The number of hydrogen-bond acceptors (Lipinski definition) is 5. The third kappa shape index (κ3) is 5.66. The molecule has 0 aromatic carbocycles. The molecule has 8 heteroatoms. The van der Waals surface area contributed by atoms with Gasteiger partial charge >= 0.3 is 12.0 Å².